The minimum Gasteiger partial charge on any atom is -0.497 e. The number of rotatable bonds is 9. The molecule has 1 aromatic heterocycles. The van der Waals surface area contributed by atoms with E-state index in [1.165, 1.54) is 30.0 Å². The Morgan fingerprint density at radius 2 is 1.73 bits per heavy atom. The number of fused-ring (bicyclic) bond motifs is 2. The second kappa shape index (κ2) is 11.3. The maximum Gasteiger partial charge on any atom is 0.133 e. The predicted molar refractivity (Wildman–Crippen MR) is 174 cm³/mol. The third-order valence-corrected chi connectivity index (χ3v) is 9.81. The Morgan fingerprint density at radius 3 is 2.50 bits per heavy atom. The molecule has 0 radical (unpaired) electrons. The molecule has 0 unspecified atom stereocenters. The number of halogens is 1. The van der Waals surface area contributed by atoms with Crippen molar-refractivity contribution in [1.82, 2.24) is 4.57 Å². The number of methoxy groups -OCH3 is 1. The van der Waals surface area contributed by atoms with E-state index in [0.29, 0.717) is 17.2 Å². The zero-order valence-electron chi connectivity index (χ0n) is 25.8. The van der Waals surface area contributed by atoms with Crippen LogP contribution in [0.25, 0.3) is 33.2 Å². The van der Waals surface area contributed by atoms with Gasteiger partial charge in [-0.1, -0.05) is 49.4 Å². The first-order valence-electron chi connectivity index (χ1n) is 15.6. The second-order valence-corrected chi connectivity index (χ2v) is 12.6. The number of carbonyl (C=O) groups excluding carboxylic acids is 1. The van der Waals surface area contributed by atoms with Crippen molar-refractivity contribution in [3.05, 3.63) is 108 Å². The van der Waals surface area contributed by atoms with Gasteiger partial charge in [0, 0.05) is 35.7 Å². The van der Waals surface area contributed by atoms with Crippen molar-refractivity contribution < 1.29 is 18.7 Å². The Labute approximate surface area is 258 Å². The minimum atomic E-state index is -0.279. The van der Waals surface area contributed by atoms with Gasteiger partial charge in [0.15, 0.2) is 0 Å². The number of nitrogens with zero attached hydrogens (tertiary/aromatic N) is 1. The Kier molecular flexibility index (Phi) is 7.28. The molecule has 4 aromatic carbocycles. The van der Waals surface area contributed by atoms with Crippen molar-refractivity contribution in [3.63, 3.8) is 0 Å². The SMILES string of the molecule is COc1ccc(F)c(-c2ccc3c(c2-c2cccc4ccn(C)c24)CC[C@H]3Oc2cccc([C@H](C3CC3)[C@H](C)C(C)=O)c2)c1. The lowest BCUT2D eigenvalue weighted by Gasteiger charge is -2.24. The van der Waals surface area contributed by atoms with Crippen LogP contribution in [0, 0.1) is 17.7 Å². The highest BCUT2D eigenvalue weighted by Gasteiger charge is 2.38. The summed E-state index contributed by atoms with van der Waals surface area (Å²) in [5.74, 6) is 2.19. The fraction of sp³-hybridized carbons (Fsp3) is 0.308. The predicted octanol–water partition coefficient (Wildman–Crippen LogP) is 9.44. The van der Waals surface area contributed by atoms with Crippen LogP contribution in [-0.4, -0.2) is 17.5 Å². The average molecular weight is 588 g/mol. The zero-order chi connectivity index (χ0) is 30.5. The summed E-state index contributed by atoms with van der Waals surface area (Å²) in [6.45, 7) is 3.76. The molecule has 5 heteroatoms. The van der Waals surface area contributed by atoms with Crippen LogP contribution in [0.1, 0.15) is 61.8 Å². The van der Waals surface area contributed by atoms with Crippen molar-refractivity contribution in [1.29, 1.82) is 0 Å². The Bertz CT molecular complexity index is 1880. The summed E-state index contributed by atoms with van der Waals surface area (Å²) in [6, 6.07) is 25.9. The molecule has 1 fully saturated rings. The van der Waals surface area contributed by atoms with Gasteiger partial charge in [-0.15, -0.1) is 0 Å². The first-order chi connectivity index (χ1) is 21.3. The Balaban J connectivity index is 1.32. The highest BCUT2D eigenvalue weighted by atomic mass is 19.1. The topological polar surface area (TPSA) is 40.5 Å². The van der Waals surface area contributed by atoms with Crippen molar-refractivity contribution in [2.45, 2.75) is 51.6 Å². The third-order valence-electron chi connectivity index (χ3n) is 9.81. The number of aryl methyl sites for hydroxylation is 1. The number of aromatic nitrogens is 1. The van der Waals surface area contributed by atoms with Crippen molar-refractivity contribution in [3.8, 4) is 33.8 Å². The highest BCUT2D eigenvalue weighted by molar-refractivity contribution is 6.00. The molecule has 0 amide bonds. The van der Waals surface area contributed by atoms with Gasteiger partial charge in [-0.25, -0.2) is 4.39 Å². The first kappa shape index (κ1) is 28.4. The van der Waals surface area contributed by atoms with E-state index >= 15 is 4.39 Å². The van der Waals surface area contributed by atoms with Crippen LogP contribution in [0.2, 0.25) is 0 Å². The van der Waals surface area contributed by atoms with E-state index in [-0.39, 0.29) is 29.5 Å². The van der Waals surface area contributed by atoms with Gasteiger partial charge in [0.1, 0.15) is 29.2 Å². The lowest BCUT2D eigenvalue weighted by atomic mass is 9.81. The van der Waals surface area contributed by atoms with E-state index in [4.69, 9.17) is 9.47 Å². The van der Waals surface area contributed by atoms with Gasteiger partial charge in [-0.2, -0.15) is 0 Å². The van der Waals surface area contributed by atoms with Gasteiger partial charge in [-0.05, 0) is 109 Å². The van der Waals surface area contributed by atoms with Crippen molar-refractivity contribution >= 4 is 16.7 Å². The van der Waals surface area contributed by atoms with E-state index < -0.39 is 0 Å². The number of Topliss-reactive ketones (excluding diaryl/α,β-unsaturated/α-hetero) is 1. The Morgan fingerprint density at radius 1 is 0.909 bits per heavy atom. The highest BCUT2D eigenvalue weighted by Crippen LogP contribution is 2.49. The van der Waals surface area contributed by atoms with Gasteiger partial charge in [-0.3, -0.25) is 4.79 Å². The summed E-state index contributed by atoms with van der Waals surface area (Å²) in [7, 11) is 3.66. The summed E-state index contributed by atoms with van der Waals surface area (Å²) >= 11 is 0. The number of benzene rings is 4. The van der Waals surface area contributed by atoms with Crippen LogP contribution in [0.3, 0.4) is 0 Å². The molecule has 1 heterocycles. The normalized spacial score (nSPS) is 17.3. The molecule has 1 saturated carbocycles. The standard InChI is InChI=1S/C39H38FNO3/c1-23(24(2)42)37(25-11-12-25)27-8-5-9-29(21-27)44-36-18-16-31-30(36)14-15-32(34-22-28(43-4)13-17-35(34)40)38(31)33-10-6-7-26-19-20-41(3)39(26)33/h5-10,13-15,17,19-23,25,36-37H,11-12,16,18H2,1-4H3/t23-,36-,37+/m1/s1. The lowest BCUT2D eigenvalue weighted by molar-refractivity contribution is -0.121. The lowest BCUT2D eigenvalue weighted by Crippen LogP contribution is -2.19. The smallest absolute Gasteiger partial charge is 0.133 e. The molecular weight excluding hydrogens is 549 g/mol. The molecule has 224 valence electrons. The van der Waals surface area contributed by atoms with Crippen LogP contribution < -0.4 is 9.47 Å². The molecule has 0 bridgehead atoms. The van der Waals surface area contributed by atoms with Crippen molar-refractivity contribution in [2.24, 2.45) is 18.9 Å². The van der Waals surface area contributed by atoms with E-state index in [1.807, 2.05) is 12.1 Å². The fourth-order valence-corrected chi connectivity index (χ4v) is 7.35. The zero-order valence-corrected chi connectivity index (χ0v) is 25.8. The summed E-state index contributed by atoms with van der Waals surface area (Å²) in [5.41, 5.74) is 8.14. The molecule has 2 aliphatic carbocycles. The maximum absolute atomic E-state index is 15.5. The summed E-state index contributed by atoms with van der Waals surface area (Å²) in [6.07, 6.45) is 5.95. The van der Waals surface area contributed by atoms with Gasteiger partial charge >= 0.3 is 0 Å². The molecule has 0 spiro atoms. The molecule has 2 aliphatic rings. The minimum absolute atomic E-state index is 0.0110. The van der Waals surface area contributed by atoms with Crippen LogP contribution >= 0.6 is 0 Å². The van der Waals surface area contributed by atoms with Crippen LogP contribution in [-0.2, 0) is 18.3 Å². The van der Waals surface area contributed by atoms with Crippen molar-refractivity contribution in [2.75, 3.05) is 7.11 Å². The van der Waals surface area contributed by atoms with Gasteiger partial charge in [0.05, 0.1) is 12.6 Å². The molecule has 0 N–H and O–H groups in total. The number of ketones is 1. The quantitative estimate of drug-likeness (QED) is 0.172. The molecule has 7 rings (SSSR count). The number of ether oxygens (including phenoxy) is 2. The Hall–Kier alpha value is -4.38. The number of carbonyl (C=O) groups is 1. The first-order valence-corrected chi connectivity index (χ1v) is 15.6. The number of hydrogen-bond donors (Lipinski definition) is 0. The fourth-order valence-electron chi connectivity index (χ4n) is 7.35. The molecular formula is C39H38FNO3. The molecule has 5 aromatic rings. The second-order valence-electron chi connectivity index (χ2n) is 12.6. The van der Waals surface area contributed by atoms with E-state index in [2.05, 4.69) is 73.3 Å². The number of para-hydroxylation sites is 1. The summed E-state index contributed by atoms with van der Waals surface area (Å²) < 4.78 is 29.9. The summed E-state index contributed by atoms with van der Waals surface area (Å²) in [5, 5.41) is 1.15. The summed E-state index contributed by atoms with van der Waals surface area (Å²) in [4.78, 5) is 12.3. The molecule has 3 atom stereocenters. The van der Waals surface area contributed by atoms with Crippen LogP contribution in [0.15, 0.2) is 85.1 Å². The van der Waals surface area contributed by atoms with Crippen LogP contribution in [0.5, 0.6) is 11.5 Å². The van der Waals surface area contributed by atoms with E-state index in [9.17, 15) is 4.79 Å². The third kappa shape index (κ3) is 4.98. The van der Waals surface area contributed by atoms with E-state index in [0.717, 1.165) is 51.7 Å². The molecule has 0 saturated heterocycles. The van der Waals surface area contributed by atoms with E-state index in [1.54, 1.807) is 26.2 Å². The average Bonchev–Trinajstić information content (AvgIpc) is 3.67. The monoisotopic (exact) mass is 587 g/mol. The van der Waals surface area contributed by atoms with Gasteiger partial charge in [0.25, 0.3) is 0 Å². The maximum atomic E-state index is 15.5. The van der Waals surface area contributed by atoms with Gasteiger partial charge in [0.2, 0.25) is 0 Å². The molecule has 4 nitrogen and oxygen atoms in total. The van der Waals surface area contributed by atoms with Crippen LogP contribution in [0.4, 0.5) is 4.39 Å². The largest absolute Gasteiger partial charge is 0.497 e. The molecule has 44 heavy (non-hydrogen) atoms. The van der Waals surface area contributed by atoms with Gasteiger partial charge < -0.3 is 14.0 Å². The number of hydrogen-bond acceptors (Lipinski definition) is 3. The molecule has 0 aliphatic heterocycles.